The van der Waals surface area contributed by atoms with Gasteiger partial charge < -0.3 is 4.90 Å². The second kappa shape index (κ2) is 7.32. The van der Waals surface area contributed by atoms with Gasteiger partial charge in [-0.2, -0.15) is 0 Å². The highest BCUT2D eigenvalue weighted by Crippen LogP contribution is 2.21. The average Bonchev–Trinajstić information content (AvgIpc) is 2.51. The molecule has 1 aromatic rings. The molecule has 0 N–H and O–H groups in total. The van der Waals surface area contributed by atoms with E-state index in [4.69, 9.17) is 0 Å². The molecule has 2 fully saturated rings. The number of piperidine rings is 2. The van der Waals surface area contributed by atoms with Crippen molar-refractivity contribution in [3.05, 3.63) is 23.8 Å². The number of nitrogens with zero attached hydrogens (tertiary/aromatic N) is 4. The van der Waals surface area contributed by atoms with Crippen molar-refractivity contribution in [2.75, 3.05) is 32.7 Å². The summed E-state index contributed by atoms with van der Waals surface area (Å²) >= 11 is 0. The van der Waals surface area contributed by atoms with Crippen molar-refractivity contribution >= 4 is 0 Å². The summed E-state index contributed by atoms with van der Waals surface area (Å²) in [6.45, 7) is 9.37. The Hall–Kier alpha value is -1.00. The lowest BCUT2D eigenvalue weighted by Crippen LogP contribution is -2.42. The lowest BCUT2D eigenvalue weighted by atomic mass is 9.96. The summed E-state index contributed by atoms with van der Waals surface area (Å²) < 4.78 is 0. The van der Waals surface area contributed by atoms with Crippen LogP contribution in [0.1, 0.15) is 43.5 Å². The summed E-state index contributed by atoms with van der Waals surface area (Å²) in [7, 11) is 0. The number of aryl methyl sites for hydroxylation is 1. The Balaban J connectivity index is 1.49. The molecule has 4 heteroatoms. The minimum absolute atomic E-state index is 0.850. The van der Waals surface area contributed by atoms with Gasteiger partial charge in [0, 0.05) is 37.6 Å². The Labute approximate surface area is 128 Å². The Morgan fingerprint density at radius 3 is 2.48 bits per heavy atom. The van der Waals surface area contributed by atoms with Gasteiger partial charge in [0.2, 0.25) is 0 Å². The van der Waals surface area contributed by atoms with Crippen LogP contribution < -0.4 is 0 Å². The smallest absolute Gasteiger partial charge is 0.125 e. The maximum atomic E-state index is 4.31. The molecular formula is C17H28N4. The van der Waals surface area contributed by atoms with Crippen LogP contribution in [0.4, 0.5) is 0 Å². The summed E-state index contributed by atoms with van der Waals surface area (Å²) in [5.41, 5.74) is 1.25. The maximum absolute atomic E-state index is 4.31. The van der Waals surface area contributed by atoms with E-state index in [1.54, 1.807) is 0 Å². The Kier molecular flexibility index (Phi) is 5.20. The van der Waals surface area contributed by atoms with Crippen molar-refractivity contribution in [1.29, 1.82) is 0 Å². The van der Waals surface area contributed by atoms with Crippen LogP contribution in [0, 0.1) is 12.8 Å². The molecule has 1 aromatic heterocycles. The van der Waals surface area contributed by atoms with E-state index < -0.39 is 0 Å². The van der Waals surface area contributed by atoms with E-state index >= 15 is 0 Å². The van der Waals surface area contributed by atoms with Crippen LogP contribution in [0.3, 0.4) is 0 Å². The van der Waals surface area contributed by atoms with Gasteiger partial charge in [-0.15, -0.1) is 0 Å². The highest BCUT2D eigenvalue weighted by Gasteiger charge is 2.23. The molecule has 0 saturated carbocycles. The molecule has 1 atom stereocenters. The highest BCUT2D eigenvalue weighted by atomic mass is 15.2. The van der Waals surface area contributed by atoms with Gasteiger partial charge in [-0.1, -0.05) is 6.42 Å². The standard InChI is InChI=1S/C17H28N4/c1-15-18-10-17(11-19-15)14-21-9-5-6-16(13-21)12-20-7-3-2-4-8-20/h10-11,16H,2-9,12-14H2,1H3/t16-/m1/s1. The van der Waals surface area contributed by atoms with Gasteiger partial charge in [0.05, 0.1) is 0 Å². The Morgan fingerprint density at radius 1 is 1.00 bits per heavy atom. The predicted octanol–water partition coefficient (Wildman–Crippen LogP) is 2.48. The fraction of sp³-hybridized carbons (Fsp3) is 0.765. The van der Waals surface area contributed by atoms with Crippen LogP contribution in [0.5, 0.6) is 0 Å². The lowest BCUT2D eigenvalue weighted by molar-refractivity contribution is 0.118. The van der Waals surface area contributed by atoms with E-state index in [1.165, 1.54) is 70.4 Å². The minimum Gasteiger partial charge on any atom is -0.303 e. The van der Waals surface area contributed by atoms with E-state index in [9.17, 15) is 0 Å². The van der Waals surface area contributed by atoms with Gasteiger partial charge in [-0.25, -0.2) is 9.97 Å². The summed E-state index contributed by atoms with van der Waals surface area (Å²) in [4.78, 5) is 13.9. The number of aromatic nitrogens is 2. The zero-order valence-corrected chi connectivity index (χ0v) is 13.3. The van der Waals surface area contributed by atoms with Crippen molar-refractivity contribution in [2.45, 2.75) is 45.6 Å². The zero-order valence-electron chi connectivity index (χ0n) is 13.3. The third-order valence-electron chi connectivity index (χ3n) is 4.81. The summed E-state index contributed by atoms with van der Waals surface area (Å²) in [6.07, 6.45) is 10.9. The zero-order chi connectivity index (χ0) is 14.5. The van der Waals surface area contributed by atoms with E-state index in [1.807, 2.05) is 19.3 Å². The number of hydrogen-bond donors (Lipinski definition) is 0. The van der Waals surface area contributed by atoms with Crippen LogP contribution in [0.15, 0.2) is 12.4 Å². The topological polar surface area (TPSA) is 32.3 Å². The molecule has 4 nitrogen and oxygen atoms in total. The molecule has 3 heterocycles. The molecule has 0 bridgehead atoms. The van der Waals surface area contributed by atoms with Crippen LogP contribution in [-0.4, -0.2) is 52.5 Å². The molecule has 0 spiro atoms. The fourth-order valence-corrected chi connectivity index (χ4v) is 3.71. The Bertz CT molecular complexity index is 425. The second-order valence-corrected chi connectivity index (χ2v) is 6.74. The molecule has 2 saturated heterocycles. The molecule has 0 unspecified atom stereocenters. The van der Waals surface area contributed by atoms with Gasteiger partial charge >= 0.3 is 0 Å². The van der Waals surface area contributed by atoms with E-state index in [2.05, 4.69) is 19.8 Å². The molecule has 0 aliphatic carbocycles. The molecular weight excluding hydrogens is 260 g/mol. The first-order chi connectivity index (χ1) is 10.3. The van der Waals surface area contributed by atoms with Gasteiger partial charge in [-0.05, 0) is 58.2 Å². The lowest BCUT2D eigenvalue weighted by Gasteiger charge is -2.36. The van der Waals surface area contributed by atoms with Crippen molar-refractivity contribution in [1.82, 2.24) is 19.8 Å². The number of hydrogen-bond acceptors (Lipinski definition) is 4. The molecule has 2 aliphatic heterocycles. The maximum Gasteiger partial charge on any atom is 0.125 e. The summed E-state index contributed by atoms with van der Waals surface area (Å²) in [5.74, 6) is 1.71. The molecule has 2 aliphatic rings. The van der Waals surface area contributed by atoms with Crippen LogP contribution in [0.25, 0.3) is 0 Å². The summed E-state index contributed by atoms with van der Waals surface area (Å²) in [5, 5.41) is 0. The minimum atomic E-state index is 0.850. The van der Waals surface area contributed by atoms with E-state index in [0.717, 1.165) is 18.3 Å². The van der Waals surface area contributed by atoms with Crippen LogP contribution in [0.2, 0.25) is 0 Å². The second-order valence-electron chi connectivity index (χ2n) is 6.74. The van der Waals surface area contributed by atoms with Crippen molar-refractivity contribution in [3.63, 3.8) is 0 Å². The molecule has 116 valence electrons. The van der Waals surface area contributed by atoms with Crippen molar-refractivity contribution < 1.29 is 0 Å². The van der Waals surface area contributed by atoms with Gasteiger partial charge in [0.25, 0.3) is 0 Å². The van der Waals surface area contributed by atoms with E-state index in [-0.39, 0.29) is 0 Å². The quantitative estimate of drug-likeness (QED) is 0.852. The van der Waals surface area contributed by atoms with Crippen molar-refractivity contribution in [3.8, 4) is 0 Å². The van der Waals surface area contributed by atoms with Gasteiger partial charge in [-0.3, -0.25) is 4.90 Å². The molecule has 3 rings (SSSR count). The van der Waals surface area contributed by atoms with E-state index in [0.29, 0.717) is 0 Å². The third-order valence-corrected chi connectivity index (χ3v) is 4.81. The van der Waals surface area contributed by atoms with Gasteiger partial charge in [0.15, 0.2) is 0 Å². The van der Waals surface area contributed by atoms with Crippen LogP contribution >= 0.6 is 0 Å². The average molecular weight is 288 g/mol. The Morgan fingerprint density at radius 2 is 1.71 bits per heavy atom. The fourth-order valence-electron chi connectivity index (χ4n) is 3.71. The first kappa shape index (κ1) is 14.9. The highest BCUT2D eigenvalue weighted by molar-refractivity contribution is 5.04. The molecule has 21 heavy (non-hydrogen) atoms. The molecule has 0 radical (unpaired) electrons. The van der Waals surface area contributed by atoms with Crippen molar-refractivity contribution in [2.24, 2.45) is 5.92 Å². The predicted molar refractivity (Wildman–Crippen MR) is 85.1 cm³/mol. The SMILES string of the molecule is Cc1ncc(CN2CCC[C@H](CN3CCCCC3)C2)cn1. The van der Waals surface area contributed by atoms with Crippen LogP contribution in [-0.2, 0) is 6.54 Å². The monoisotopic (exact) mass is 288 g/mol. The first-order valence-electron chi connectivity index (χ1n) is 8.52. The molecule has 0 amide bonds. The number of likely N-dealkylation sites (tertiary alicyclic amines) is 2. The summed E-state index contributed by atoms with van der Waals surface area (Å²) in [6, 6.07) is 0. The number of rotatable bonds is 4. The molecule has 0 aromatic carbocycles. The first-order valence-corrected chi connectivity index (χ1v) is 8.52. The normalized spacial score (nSPS) is 25.1. The third kappa shape index (κ3) is 4.48. The largest absolute Gasteiger partial charge is 0.303 e. The van der Waals surface area contributed by atoms with Gasteiger partial charge in [0.1, 0.15) is 5.82 Å².